The van der Waals surface area contributed by atoms with Gasteiger partial charge in [-0.05, 0) is 32.1 Å². The average molecular weight is 180 g/mol. The van der Waals surface area contributed by atoms with Crippen LogP contribution in [0, 0.1) is 5.92 Å². The van der Waals surface area contributed by atoms with E-state index in [1.807, 2.05) is 0 Å². The lowest BCUT2D eigenvalue weighted by Gasteiger charge is -2.05. The molecule has 0 aromatic carbocycles. The number of rotatable bonds is 1. The summed E-state index contributed by atoms with van der Waals surface area (Å²) in [6, 6.07) is 0. The van der Waals surface area contributed by atoms with Crippen LogP contribution in [-0.4, -0.2) is 10.9 Å². The predicted octanol–water partition coefficient (Wildman–Crippen LogP) is 2.74. The van der Waals surface area contributed by atoms with E-state index < -0.39 is 0 Å². The Balaban J connectivity index is 2.17. The summed E-state index contributed by atoms with van der Waals surface area (Å²) >= 11 is 0. The summed E-state index contributed by atoms with van der Waals surface area (Å²) in [6.07, 6.45) is 6.80. The van der Waals surface area contributed by atoms with Gasteiger partial charge in [-0.1, -0.05) is 6.42 Å². The van der Waals surface area contributed by atoms with Crippen molar-refractivity contribution < 1.29 is 9.90 Å². The monoisotopic (exact) mass is 180 g/mol. The van der Waals surface area contributed by atoms with Gasteiger partial charge in [0.25, 0.3) is 0 Å². The van der Waals surface area contributed by atoms with Crippen LogP contribution in [0.15, 0.2) is 11.3 Å². The van der Waals surface area contributed by atoms with Crippen molar-refractivity contribution in [3.8, 4) is 0 Å². The minimum absolute atomic E-state index is 0.196. The second-order valence-electron chi connectivity index (χ2n) is 4.12. The Bertz CT molecular complexity index is 249. The highest BCUT2D eigenvalue weighted by Gasteiger charge is 2.30. The fourth-order valence-electron chi connectivity index (χ4n) is 1.93. The summed E-state index contributed by atoms with van der Waals surface area (Å²) < 4.78 is 0. The maximum atomic E-state index is 11.6. The molecule has 2 aliphatic rings. The van der Waals surface area contributed by atoms with Crippen LogP contribution in [0.2, 0.25) is 0 Å². The Hall–Kier alpha value is -0.790. The van der Waals surface area contributed by atoms with Crippen LogP contribution in [0.3, 0.4) is 0 Å². The van der Waals surface area contributed by atoms with Crippen molar-refractivity contribution in [1.82, 2.24) is 0 Å². The molecule has 0 aromatic rings. The van der Waals surface area contributed by atoms with Crippen molar-refractivity contribution in [3.05, 3.63) is 11.3 Å². The van der Waals surface area contributed by atoms with Crippen LogP contribution in [-0.2, 0) is 4.79 Å². The van der Waals surface area contributed by atoms with Crippen LogP contribution in [0.5, 0.6) is 0 Å². The molecule has 0 bridgehead atoms. The van der Waals surface area contributed by atoms with Crippen LogP contribution in [0.25, 0.3) is 0 Å². The third-order valence-electron chi connectivity index (χ3n) is 2.94. The van der Waals surface area contributed by atoms with Crippen molar-refractivity contribution in [3.63, 3.8) is 0 Å². The Morgan fingerprint density at radius 2 is 1.85 bits per heavy atom. The Morgan fingerprint density at radius 1 is 1.15 bits per heavy atom. The summed E-state index contributed by atoms with van der Waals surface area (Å²) in [7, 11) is 0. The number of aliphatic hydroxyl groups excluding tert-OH is 1. The normalized spacial score (nSPS) is 28.5. The molecular formula is C11H16O2. The first-order valence-corrected chi connectivity index (χ1v) is 5.24. The number of aliphatic hydroxyl groups is 1. The van der Waals surface area contributed by atoms with E-state index in [9.17, 15) is 9.90 Å². The highest BCUT2D eigenvalue weighted by Crippen LogP contribution is 2.38. The predicted molar refractivity (Wildman–Crippen MR) is 50.5 cm³/mol. The molecular weight excluding hydrogens is 164 g/mol. The zero-order valence-corrected chi connectivity index (χ0v) is 7.88. The average Bonchev–Trinajstić information content (AvgIpc) is 2.89. The van der Waals surface area contributed by atoms with Crippen molar-refractivity contribution in [1.29, 1.82) is 0 Å². The number of hydrogen-bond acceptors (Lipinski definition) is 2. The Morgan fingerprint density at radius 3 is 2.54 bits per heavy atom. The molecule has 0 radical (unpaired) electrons. The van der Waals surface area contributed by atoms with E-state index >= 15 is 0 Å². The number of carbonyl (C=O) groups excluding carboxylic acids is 1. The highest BCUT2D eigenvalue weighted by atomic mass is 16.3. The SMILES string of the molecule is O=C1CCCCCC1=C(O)C1CC1. The van der Waals surface area contributed by atoms with Crippen molar-refractivity contribution in [2.24, 2.45) is 5.92 Å². The van der Waals surface area contributed by atoms with E-state index in [0.29, 0.717) is 18.1 Å². The molecule has 0 atom stereocenters. The molecule has 13 heavy (non-hydrogen) atoms. The van der Waals surface area contributed by atoms with Gasteiger partial charge in [0.1, 0.15) is 5.76 Å². The van der Waals surface area contributed by atoms with Crippen LogP contribution in [0.1, 0.15) is 44.9 Å². The molecule has 0 amide bonds. The van der Waals surface area contributed by atoms with Crippen molar-refractivity contribution in [2.75, 3.05) is 0 Å². The zero-order valence-electron chi connectivity index (χ0n) is 7.88. The fraction of sp³-hybridized carbons (Fsp3) is 0.727. The molecule has 2 nitrogen and oxygen atoms in total. The fourth-order valence-corrected chi connectivity index (χ4v) is 1.93. The first-order valence-electron chi connectivity index (χ1n) is 5.24. The van der Waals surface area contributed by atoms with Gasteiger partial charge in [0, 0.05) is 17.9 Å². The lowest BCUT2D eigenvalue weighted by molar-refractivity contribution is -0.115. The maximum Gasteiger partial charge on any atom is 0.162 e. The van der Waals surface area contributed by atoms with Gasteiger partial charge in [-0.15, -0.1) is 0 Å². The molecule has 2 aliphatic carbocycles. The first-order chi connectivity index (χ1) is 6.29. The minimum Gasteiger partial charge on any atom is -0.512 e. The molecule has 0 unspecified atom stereocenters. The molecule has 2 rings (SSSR count). The summed E-state index contributed by atoms with van der Waals surface area (Å²) in [4.78, 5) is 11.6. The Labute approximate surface area is 78.6 Å². The number of ketones is 1. The molecule has 0 heterocycles. The standard InChI is InChI=1S/C11H16O2/c12-10-5-3-1-2-4-9(10)11(13)8-6-7-8/h8,13H,1-7H2. The maximum absolute atomic E-state index is 11.6. The molecule has 2 fully saturated rings. The summed E-state index contributed by atoms with van der Waals surface area (Å²) in [5.41, 5.74) is 0.750. The van der Waals surface area contributed by atoms with E-state index in [1.54, 1.807) is 0 Å². The molecule has 0 saturated heterocycles. The van der Waals surface area contributed by atoms with E-state index in [-0.39, 0.29) is 5.78 Å². The zero-order chi connectivity index (χ0) is 9.26. The van der Waals surface area contributed by atoms with Crippen LogP contribution in [0.4, 0.5) is 0 Å². The van der Waals surface area contributed by atoms with E-state index in [4.69, 9.17) is 0 Å². The largest absolute Gasteiger partial charge is 0.512 e. The van der Waals surface area contributed by atoms with E-state index in [0.717, 1.165) is 44.1 Å². The third-order valence-corrected chi connectivity index (χ3v) is 2.94. The van der Waals surface area contributed by atoms with Gasteiger partial charge >= 0.3 is 0 Å². The molecule has 0 aliphatic heterocycles. The van der Waals surface area contributed by atoms with Gasteiger partial charge in [-0.25, -0.2) is 0 Å². The van der Waals surface area contributed by atoms with E-state index in [1.165, 1.54) is 0 Å². The highest BCUT2D eigenvalue weighted by molar-refractivity contribution is 5.96. The van der Waals surface area contributed by atoms with Gasteiger partial charge in [0.15, 0.2) is 5.78 Å². The second kappa shape index (κ2) is 3.52. The second-order valence-corrected chi connectivity index (χ2v) is 4.12. The number of Topliss-reactive ketones (excluding diaryl/α,β-unsaturated/α-hetero) is 1. The van der Waals surface area contributed by atoms with Gasteiger partial charge in [-0.2, -0.15) is 0 Å². The van der Waals surface area contributed by atoms with Crippen molar-refractivity contribution in [2.45, 2.75) is 44.9 Å². The third kappa shape index (κ3) is 1.93. The molecule has 1 N–H and O–H groups in total. The first kappa shape index (κ1) is 8.79. The molecule has 0 aromatic heterocycles. The van der Waals surface area contributed by atoms with Crippen molar-refractivity contribution >= 4 is 5.78 Å². The number of allylic oxidation sites excluding steroid dienone is 2. The van der Waals surface area contributed by atoms with Crippen LogP contribution >= 0.6 is 0 Å². The lowest BCUT2D eigenvalue weighted by atomic mass is 10.0. The molecule has 72 valence electrons. The Kier molecular flexibility index (Phi) is 2.38. The lowest BCUT2D eigenvalue weighted by Crippen LogP contribution is -2.04. The summed E-state index contributed by atoms with van der Waals surface area (Å²) in [5, 5.41) is 9.77. The summed E-state index contributed by atoms with van der Waals surface area (Å²) in [5.74, 6) is 0.950. The smallest absolute Gasteiger partial charge is 0.162 e. The molecule has 2 heteroatoms. The molecule has 2 saturated carbocycles. The van der Waals surface area contributed by atoms with Gasteiger partial charge in [-0.3, -0.25) is 4.79 Å². The number of hydrogen-bond donors (Lipinski definition) is 1. The van der Waals surface area contributed by atoms with Gasteiger partial charge in [0.05, 0.1) is 0 Å². The molecule has 0 spiro atoms. The minimum atomic E-state index is 0.196. The van der Waals surface area contributed by atoms with Gasteiger partial charge < -0.3 is 5.11 Å². The topological polar surface area (TPSA) is 37.3 Å². The summed E-state index contributed by atoms with van der Waals surface area (Å²) in [6.45, 7) is 0. The van der Waals surface area contributed by atoms with Crippen LogP contribution < -0.4 is 0 Å². The van der Waals surface area contributed by atoms with E-state index in [2.05, 4.69) is 0 Å². The van der Waals surface area contributed by atoms with Gasteiger partial charge in [0.2, 0.25) is 0 Å². The quantitative estimate of drug-likeness (QED) is 0.382. The number of carbonyl (C=O) groups is 1.